The van der Waals surface area contributed by atoms with Crippen LogP contribution in [0.5, 0.6) is 0 Å². The smallest absolute Gasteiger partial charge is 0.248 e. The summed E-state index contributed by atoms with van der Waals surface area (Å²) in [6.07, 6.45) is 0. The Kier molecular flexibility index (Phi) is 3.15. The van der Waals surface area contributed by atoms with Gasteiger partial charge < -0.3 is 10.8 Å². The molecule has 0 fully saturated rings. The molecule has 1 aromatic carbocycles. The van der Waals surface area contributed by atoms with Crippen LogP contribution in [0.1, 0.15) is 42.3 Å². The minimum absolute atomic E-state index is 0.0474. The molecule has 0 unspecified atom stereocenters. The van der Waals surface area contributed by atoms with Gasteiger partial charge in [-0.05, 0) is 28.7 Å². The van der Waals surface area contributed by atoms with E-state index >= 15 is 0 Å². The molecule has 3 nitrogen and oxygen atoms in total. The highest BCUT2D eigenvalue weighted by Gasteiger charge is 2.18. The summed E-state index contributed by atoms with van der Waals surface area (Å²) < 4.78 is 0. The maximum atomic E-state index is 11.0. The summed E-state index contributed by atoms with van der Waals surface area (Å²) in [4.78, 5) is 11.0. The number of aliphatic hydroxyl groups is 1. The van der Waals surface area contributed by atoms with E-state index < -0.39 is 5.91 Å². The second-order valence-corrected chi connectivity index (χ2v) is 4.64. The zero-order valence-corrected chi connectivity index (χ0v) is 9.37. The molecule has 0 saturated carbocycles. The zero-order valence-electron chi connectivity index (χ0n) is 9.37. The first-order valence-corrected chi connectivity index (χ1v) is 4.90. The Morgan fingerprint density at radius 3 is 2.40 bits per heavy atom. The molecule has 1 rings (SSSR count). The molecular weight excluding hydrogens is 190 g/mol. The lowest BCUT2D eigenvalue weighted by Crippen LogP contribution is -2.17. The molecule has 1 amide bonds. The zero-order chi connectivity index (χ0) is 11.6. The van der Waals surface area contributed by atoms with Crippen molar-refractivity contribution in [2.45, 2.75) is 32.8 Å². The molecule has 1 aromatic rings. The van der Waals surface area contributed by atoms with Gasteiger partial charge in [-0.2, -0.15) is 0 Å². The van der Waals surface area contributed by atoms with Gasteiger partial charge in [0.05, 0.1) is 6.61 Å². The molecule has 0 saturated heterocycles. The molecule has 82 valence electrons. The molecule has 0 aliphatic carbocycles. The van der Waals surface area contributed by atoms with Crippen LogP contribution in [0.4, 0.5) is 0 Å². The van der Waals surface area contributed by atoms with Gasteiger partial charge in [0.1, 0.15) is 0 Å². The van der Waals surface area contributed by atoms with Crippen molar-refractivity contribution in [1.29, 1.82) is 0 Å². The third-order valence-electron chi connectivity index (χ3n) is 2.37. The fourth-order valence-corrected chi connectivity index (χ4v) is 1.61. The predicted octanol–water partition coefficient (Wildman–Crippen LogP) is 1.58. The standard InChI is InChI=1S/C12H17NO2/c1-12(2,3)10-5-4-8(11(13)15)6-9(10)7-14/h4-6,14H,7H2,1-3H3,(H2,13,15). The van der Waals surface area contributed by atoms with Crippen LogP contribution >= 0.6 is 0 Å². The highest BCUT2D eigenvalue weighted by Crippen LogP contribution is 2.26. The number of amides is 1. The number of hydrogen-bond donors (Lipinski definition) is 2. The lowest BCUT2D eigenvalue weighted by Gasteiger charge is -2.22. The third kappa shape index (κ3) is 2.57. The Hall–Kier alpha value is -1.35. The Morgan fingerprint density at radius 1 is 1.40 bits per heavy atom. The van der Waals surface area contributed by atoms with Crippen molar-refractivity contribution in [2.24, 2.45) is 5.73 Å². The van der Waals surface area contributed by atoms with Crippen molar-refractivity contribution in [3.8, 4) is 0 Å². The summed E-state index contributed by atoms with van der Waals surface area (Å²) >= 11 is 0. The molecule has 0 bridgehead atoms. The molecule has 0 spiro atoms. The Bertz CT molecular complexity index is 378. The van der Waals surface area contributed by atoms with Gasteiger partial charge in [0.15, 0.2) is 0 Å². The molecule has 0 aliphatic rings. The first-order chi connectivity index (χ1) is 6.86. The molecule has 0 heterocycles. The van der Waals surface area contributed by atoms with E-state index in [-0.39, 0.29) is 12.0 Å². The summed E-state index contributed by atoms with van der Waals surface area (Å²) in [6.45, 7) is 6.11. The van der Waals surface area contributed by atoms with Crippen molar-refractivity contribution < 1.29 is 9.90 Å². The number of nitrogens with two attached hydrogens (primary N) is 1. The van der Waals surface area contributed by atoms with Crippen LogP contribution < -0.4 is 5.73 Å². The highest BCUT2D eigenvalue weighted by molar-refractivity contribution is 5.93. The van der Waals surface area contributed by atoms with Crippen molar-refractivity contribution in [1.82, 2.24) is 0 Å². The SMILES string of the molecule is CC(C)(C)c1ccc(C(N)=O)cc1CO. The minimum Gasteiger partial charge on any atom is -0.392 e. The van der Waals surface area contributed by atoms with Gasteiger partial charge in [0.2, 0.25) is 5.91 Å². The van der Waals surface area contributed by atoms with E-state index in [1.165, 1.54) is 0 Å². The lowest BCUT2D eigenvalue weighted by molar-refractivity contribution is 0.1000. The van der Waals surface area contributed by atoms with Gasteiger partial charge in [-0.3, -0.25) is 4.79 Å². The Balaban J connectivity index is 3.27. The van der Waals surface area contributed by atoms with Gasteiger partial charge in [0.25, 0.3) is 0 Å². The van der Waals surface area contributed by atoms with Crippen LogP contribution in [0.3, 0.4) is 0 Å². The summed E-state index contributed by atoms with van der Waals surface area (Å²) in [5, 5.41) is 9.24. The third-order valence-corrected chi connectivity index (χ3v) is 2.37. The molecule has 15 heavy (non-hydrogen) atoms. The quantitative estimate of drug-likeness (QED) is 0.773. The molecular formula is C12H17NO2. The molecule has 0 atom stereocenters. The summed E-state index contributed by atoms with van der Waals surface area (Å²) in [7, 11) is 0. The number of aliphatic hydroxyl groups excluding tert-OH is 1. The summed E-state index contributed by atoms with van der Waals surface area (Å²) in [5.74, 6) is -0.467. The number of benzene rings is 1. The number of rotatable bonds is 2. The second kappa shape index (κ2) is 4.03. The van der Waals surface area contributed by atoms with Crippen LogP contribution in [0, 0.1) is 0 Å². The predicted molar refractivity (Wildman–Crippen MR) is 59.6 cm³/mol. The number of primary amides is 1. The Morgan fingerprint density at radius 2 is 2.00 bits per heavy atom. The minimum atomic E-state index is -0.467. The van der Waals surface area contributed by atoms with Crippen LogP contribution in [0.2, 0.25) is 0 Å². The van der Waals surface area contributed by atoms with Gasteiger partial charge in [0, 0.05) is 5.56 Å². The first-order valence-electron chi connectivity index (χ1n) is 4.90. The van der Waals surface area contributed by atoms with Gasteiger partial charge >= 0.3 is 0 Å². The maximum absolute atomic E-state index is 11.0. The van der Waals surface area contributed by atoms with Gasteiger partial charge in [-0.1, -0.05) is 26.8 Å². The highest BCUT2D eigenvalue weighted by atomic mass is 16.3. The van der Waals surface area contributed by atoms with Gasteiger partial charge in [-0.15, -0.1) is 0 Å². The van der Waals surface area contributed by atoms with E-state index in [2.05, 4.69) is 20.8 Å². The average molecular weight is 207 g/mol. The van der Waals surface area contributed by atoms with Crippen LogP contribution in [-0.4, -0.2) is 11.0 Å². The second-order valence-electron chi connectivity index (χ2n) is 4.64. The Labute approximate surface area is 89.9 Å². The topological polar surface area (TPSA) is 63.3 Å². The molecule has 3 heteroatoms. The van der Waals surface area contributed by atoms with Crippen LogP contribution in [-0.2, 0) is 12.0 Å². The van der Waals surface area contributed by atoms with E-state index in [0.717, 1.165) is 11.1 Å². The molecule has 0 radical (unpaired) electrons. The van der Waals surface area contributed by atoms with E-state index in [1.807, 2.05) is 6.07 Å². The van der Waals surface area contributed by atoms with E-state index in [1.54, 1.807) is 12.1 Å². The molecule has 0 aliphatic heterocycles. The lowest BCUT2D eigenvalue weighted by atomic mass is 9.83. The summed E-state index contributed by atoms with van der Waals surface area (Å²) in [6, 6.07) is 5.20. The monoisotopic (exact) mass is 207 g/mol. The number of carbonyl (C=O) groups excluding carboxylic acids is 1. The fraction of sp³-hybridized carbons (Fsp3) is 0.417. The van der Waals surface area contributed by atoms with Crippen molar-refractivity contribution in [3.05, 3.63) is 34.9 Å². The van der Waals surface area contributed by atoms with Crippen molar-refractivity contribution in [2.75, 3.05) is 0 Å². The normalized spacial score (nSPS) is 11.5. The van der Waals surface area contributed by atoms with Crippen molar-refractivity contribution in [3.63, 3.8) is 0 Å². The first kappa shape index (κ1) is 11.7. The van der Waals surface area contributed by atoms with E-state index in [0.29, 0.717) is 5.56 Å². The van der Waals surface area contributed by atoms with E-state index in [9.17, 15) is 9.90 Å². The maximum Gasteiger partial charge on any atom is 0.248 e. The summed E-state index contributed by atoms with van der Waals surface area (Å²) in [5.41, 5.74) is 7.37. The van der Waals surface area contributed by atoms with Crippen LogP contribution in [0.15, 0.2) is 18.2 Å². The van der Waals surface area contributed by atoms with Gasteiger partial charge in [-0.25, -0.2) is 0 Å². The molecule has 3 N–H and O–H groups in total. The average Bonchev–Trinajstić information content (AvgIpc) is 2.15. The number of carbonyl (C=O) groups is 1. The molecule has 0 aromatic heterocycles. The number of hydrogen-bond acceptors (Lipinski definition) is 2. The fourth-order valence-electron chi connectivity index (χ4n) is 1.61. The largest absolute Gasteiger partial charge is 0.392 e. The van der Waals surface area contributed by atoms with Crippen molar-refractivity contribution >= 4 is 5.91 Å². The van der Waals surface area contributed by atoms with Crippen LogP contribution in [0.25, 0.3) is 0 Å². The van der Waals surface area contributed by atoms with E-state index in [4.69, 9.17) is 5.73 Å².